The molecule has 1 saturated heterocycles. The number of hydrogen-bond donors (Lipinski definition) is 0. The second-order valence-electron chi connectivity index (χ2n) is 7.33. The minimum atomic E-state index is -0.263. The highest BCUT2D eigenvalue weighted by Gasteiger charge is 2.37. The van der Waals surface area contributed by atoms with Crippen LogP contribution in [0.1, 0.15) is 43.2 Å². The zero-order chi connectivity index (χ0) is 20.2. The van der Waals surface area contributed by atoms with Gasteiger partial charge >= 0.3 is 0 Å². The highest BCUT2D eigenvalue weighted by atomic mass is 32.2. The SMILES string of the molecule is O=C1/C(=C\c2cccc(OCc3ccc(F)cc3)c2)SC(=S)N1C1CCCCC1. The number of benzene rings is 2. The lowest BCUT2D eigenvalue weighted by atomic mass is 9.94. The van der Waals surface area contributed by atoms with Crippen molar-refractivity contribution in [2.24, 2.45) is 0 Å². The molecule has 0 atom stereocenters. The Kier molecular flexibility index (Phi) is 6.31. The number of nitrogens with zero attached hydrogens (tertiary/aromatic N) is 1. The smallest absolute Gasteiger partial charge is 0.266 e. The lowest BCUT2D eigenvalue weighted by molar-refractivity contribution is -0.124. The summed E-state index contributed by atoms with van der Waals surface area (Å²) in [6.07, 6.45) is 7.51. The number of carbonyl (C=O) groups excluding carboxylic acids is 1. The number of thiocarbonyl (C=S) groups is 1. The molecule has 2 aliphatic rings. The molecule has 2 aromatic carbocycles. The summed E-state index contributed by atoms with van der Waals surface area (Å²) in [6, 6.07) is 14.1. The molecular formula is C23H22FNO2S2. The molecule has 0 unspecified atom stereocenters. The minimum absolute atomic E-state index is 0.0181. The van der Waals surface area contributed by atoms with Crippen molar-refractivity contribution in [2.75, 3.05) is 0 Å². The van der Waals surface area contributed by atoms with E-state index in [9.17, 15) is 9.18 Å². The standard InChI is InChI=1S/C23H22FNO2S2/c24-18-11-9-16(10-12-18)15-27-20-8-4-5-17(13-20)14-21-22(26)25(23(28)29-21)19-6-2-1-3-7-19/h4-5,8-14,19H,1-3,6-7,15H2/b21-14+. The molecule has 2 fully saturated rings. The normalized spacial score (nSPS) is 19.2. The molecule has 150 valence electrons. The maximum Gasteiger partial charge on any atom is 0.266 e. The monoisotopic (exact) mass is 427 g/mol. The van der Waals surface area contributed by atoms with Crippen molar-refractivity contribution in [3.05, 3.63) is 70.4 Å². The highest BCUT2D eigenvalue weighted by Crippen LogP contribution is 2.37. The Bertz CT molecular complexity index is 936. The van der Waals surface area contributed by atoms with Crippen molar-refractivity contribution >= 4 is 40.3 Å². The molecule has 1 amide bonds. The van der Waals surface area contributed by atoms with Crippen molar-refractivity contribution < 1.29 is 13.9 Å². The van der Waals surface area contributed by atoms with E-state index in [4.69, 9.17) is 17.0 Å². The number of carbonyl (C=O) groups is 1. The van der Waals surface area contributed by atoms with Gasteiger partial charge in [0.05, 0.1) is 4.91 Å². The second kappa shape index (κ2) is 9.09. The predicted molar refractivity (Wildman–Crippen MR) is 119 cm³/mol. The number of amides is 1. The Hall–Kier alpha value is -2.18. The summed E-state index contributed by atoms with van der Waals surface area (Å²) in [5.74, 6) is 0.455. The van der Waals surface area contributed by atoms with E-state index in [1.54, 1.807) is 12.1 Å². The van der Waals surface area contributed by atoms with Gasteiger partial charge in [0, 0.05) is 6.04 Å². The molecule has 6 heteroatoms. The zero-order valence-corrected chi connectivity index (χ0v) is 17.6. The van der Waals surface area contributed by atoms with E-state index in [1.807, 2.05) is 35.2 Å². The van der Waals surface area contributed by atoms with Crippen molar-refractivity contribution in [3.63, 3.8) is 0 Å². The van der Waals surface area contributed by atoms with Crippen molar-refractivity contribution in [1.82, 2.24) is 4.90 Å². The number of hydrogen-bond acceptors (Lipinski definition) is 4. The number of ether oxygens (including phenoxy) is 1. The van der Waals surface area contributed by atoms with Crippen LogP contribution in [-0.2, 0) is 11.4 Å². The fraction of sp³-hybridized carbons (Fsp3) is 0.304. The molecule has 1 aliphatic carbocycles. The van der Waals surface area contributed by atoms with Gasteiger partial charge < -0.3 is 4.74 Å². The van der Waals surface area contributed by atoms with E-state index in [1.165, 1.54) is 30.3 Å². The molecule has 0 bridgehead atoms. The van der Waals surface area contributed by atoms with Crippen LogP contribution in [0.5, 0.6) is 5.75 Å². The van der Waals surface area contributed by atoms with Gasteiger partial charge in [0.15, 0.2) is 0 Å². The third kappa shape index (κ3) is 4.87. The topological polar surface area (TPSA) is 29.5 Å². The van der Waals surface area contributed by atoms with Crippen LogP contribution in [0.4, 0.5) is 4.39 Å². The molecule has 0 spiro atoms. The highest BCUT2D eigenvalue weighted by molar-refractivity contribution is 8.26. The van der Waals surface area contributed by atoms with Gasteiger partial charge in [-0.05, 0) is 54.3 Å². The van der Waals surface area contributed by atoms with E-state index < -0.39 is 0 Å². The minimum Gasteiger partial charge on any atom is -0.489 e. The fourth-order valence-electron chi connectivity index (χ4n) is 3.73. The Morgan fingerprint density at radius 2 is 1.90 bits per heavy atom. The van der Waals surface area contributed by atoms with Crippen molar-refractivity contribution in [3.8, 4) is 5.75 Å². The molecule has 3 nitrogen and oxygen atoms in total. The predicted octanol–water partition coefficient (Wildman–Crippen LogP) is 5.94. The molecular weight excluding hydrogens is 405 g/mol. The maximum atomic E-state index is 13.0. The first-order valence-electron chi connectivity index (χ1n) is 9.84. The molecule has 1 aliphatic heterocycles. The molecule has 2 aromatic rings. The van der Waals surface area contributed by atoms with Crippen LogP contribution in [0.25, 0.3) is 6.08 Å². The van der Waals surface area contributed by atoms with Gasteiger partial charge in [0.2, 0.25) is 0 Å². The van der Waals surface area contributed by atoms with Gasteiger partial charge in [-0.25, -0.2) is 4.39 Å². The average Bonchev–Trinajstić information content (AvgIpc) is 3.01. The van der Waals surface area contributed by atoms with Crippen LogP contribution in [0.3, 0.4) is 0 Å². The van der Waals surface area contributed by atoms with E-state index in [0.717, 1.165) is 36.8 Å². The van der Waals surface area contributed by atoms with Gasteiger partial charge in [0.1, 0.15) is 22.5 Å². The van der Waals surface area contributed by atoms with Crippen molar-refractivity contribution in [2.45, 2.75) is 44.8 Å². The summed E-state index contributed by atoms with van der Waals surface area (Å²) in [5.41, 5.74) is 1.79. The third-order valence-corrected chi connectivity index (χ3v) is 6.57. The fourth-order valence-corrected chi connectivity index (χ4v) is 5.13. The first kappa shape index (κ1) is 20.1. The average molecular weight is 428 g/mol. The van der Waals surface area contributed by atoms with Crippen LogP contribution in [0.15, 0.2) is 53.4 Å². The summed E-state index contributed by atoms with van der Waals surface area (Å²) in [6.45, 7) is 0.355. The van der Waals surface area contributed by atoms with Crippen LogP contribution in [-0.4, -0.2) is 21.2 Å². The lowest BCUT2D eigenvalue weighted by Crippen LogP contribution is -2.39. The molecule has 0 radical (unpaired) electrons. The quantitative estimate of drug-likeness (QED) is 0.436. The lowest BCUT2D eigenvalue weighted by Gasteiger charge is -2.29. The van der Waals surface area contributed by atoms with E-state index in [0.29, 0.717) is 21.6 Å². The molecule has 1 saturated carbocycles. The van der Waals surface area contributed by atoms with Gasteiger partial charge in [-0.15, -0.1) is 0 Å². The van der Waals surface area contributed by atoms with Gasteiger partial charge in [-0.2, -0.15) is 0 Å². The molecule has 4 rings (SSSR count). The Morgan fingerprint density at radius 1 is 1.14 bits per heavy atom. The largest absolute Gasteiger partial charge is 0.489 e. The molecule has 0 aromatic heterocycles. The van der Waals surface area contributed by atoms with E-state index in [2.05, 4.69) is 0 Å². The summed E-state index contributed by atoms with van der Waals surface area (Å²) >= 11 is 6.88. The van der Waals surface area contributed by atoms with Crippen LogP contribution < -0.4 is 4.74 Å². The van der Waals surface area contributed by atoms with Gasteiger partial charge in [-0.3, -0.25) is 9.69 Å². The van der Waals surface area contributed by atoms with Gasteiger partial charge in [-0.1, -0.05) is 67.5 Å². The molecule has 29 heavy (non-hydrogen) atoms. The van der Waals surface area contributed by atoms with Gasteiger partial charge in [0.25, 0.3) is 5.91 Å². The van der Waals surface area contributed by atoms with Crippen LogP contribution in [0, 0.1) is 5.82 Å². The first-order valence-corrected chi connectivity index (χ1v) is 11.1. The van der Waals surface area contributed by atoms with E-state index >= 15 is 0 Å². The van der Waals surface area contributed by atoms with Crippen LogP contribution in [0.2, 0.25) is 0 Å². The molecule has 1 heterocycles. The summed E-state index contributed by atoms with van der Waals surface area (Å²) in [5, 5.41) is 0. The number of thioether (sulfide) groups is 1. The Morgan fingerprint density at radius 3 is 2.66 bits per heavy atom. The maximum absolute atomic E-state index is 13.0. The first-order chi connectivity index (χ1) is 14.1. The zero-order valence-electron chi connectivity index (χ0n) is 16.0. The van der Waals surface area contributed by atoms with E-state index in [-0.39, 0.29) is 17.8 Å². The summed E-state index contributed by atoms with van der Waals surface area (Å²) in [7, 11) is 0. The van der Waals surface area contributed by atoms with Crippen LogP contribution >= 0.6 is 24.0 Å². The second-order valence-corrected chi connectivity index (χ2v) is 9.01. The Labute approximate surface area is 179 Å². The summed E-state index contributed by atoms with van der Waals surface area (Å²) in [4.78, 5) is 15.4. The van der Waals surface area contributed by atoms with Crippen molar-refractivity contribution in [1.29, 1.82) is 0 Å². The Balaban J connectivity index is 1.45. The molecule has 0 N–H and O–H groups in total. The summed E-state index contributed by atoms with van der Waals surface area (Å²) < 4.78 is 19.5. The number of halogens is 1. The third-order valence-electron chi connectivity index (χ3n) is 5.24. The number of rotatable bonds is 5.